The number of rotatable bonds is 0. The van der Waals surface area contributed by atoms with Crippen LogP contribution in [0.1, 0.15) is 23.8 Å². The maximum Gasteiger partial charge on any atom is 0.111 e. The number of aliphatic hydroxyl groups excluding tert-OH is 1. The molecule has 1 aromatic rings. The van der Waals surface area contributed by atoms with Gasteiger partial charge in [-0.1, -0.05) is 0 Å². The maximum atomic E-state index is 9.48. The van der Waals surface area contributed by atoms with E-state index in [0.717, 1.165) is 17.7 Å². The minimum Gasteiger partial charge on any atom is -0.469 e. The van der Waals surface area contributed by atoms with E-state index in [2.05, 4.69) is 0 Å². The van der Waals surface area contributed by atoms with Crippen LogP contribution in [0.4, 0.5) is 0 Å². The summed E-state index contributed by atoms with van der Waals surface area (Å²) >= 11 is 0. The molecule has 0 saturated carbocycles. The topological polar surface area (TPSA) is 59.4 Å². The summed E-state index contributed by atoms with van der Waals surface area (Å²) in [6.07, 6.45) is 2.57. The highest BCUT2D eigenvalue weighted by Crippen LogP contribution is 2.29. The van der Waals surface area contributed by atoms with E-state index < -0.39 is 6.10 Å². The Balaban J connectivity index is 2.36. The number of fused-ring (bicyclic) bond motifs is 1. The van der Waals surface area contributed by atoms with Gasteiger partial charge < -0.3 is 15.3 Å². The Morgan fingerprint density at radius 1 is 1.64 bits per heavy atom. The normalized spacial score (nSPS) is 30.0. The molecule has 0 saturated heterocycles. The van der Waals surface area contributed by atoms with Crippen LogP contribution in [0, 0.1) is 0 Å². The second-order valence-electron chi connectivity index (χ2n) is 3.01. The molecule has 0 radical (unpaired) electrons. The van der Waals surface area contributed by atoms with Crippen LogP contribution in [0.5, 0.6) is 0 Å². The van der Waals surface area contributed by atoms with Crippen LogP contribution in [-0.4, -0.2) is 11.1 Å². The Labute approximate surface area is 64.8 Å². The van der Waals surface area contributed by atoms with Crippen molar-refractivity contribution in [1.29, 1.82) is 0 Å². The molecule has 3 N–H and O–H groups in total. The first-order valence-corrected chi connectivity index (χ1v) is 3.77. The van der Waals surface area contributed by atoms with E-state index in [0.29, 0.717) is 6.42 Å². The first kappa shape index (κ1) is 6.88. The molecule has 2 unspecified atom stereocenters. The van der Waals surface area contributed by atoms with Crippen LogP contribution < -0.4 is 5.73 Å². The molecule has 0 aliphatic heterocycles. The van der Waals surface area contributed by atoms with Crippen LogP contribution in [0.3, 0.4) is 0 Å². The van der Waals surface area contributed by atoms with Crippen molar-refractivity contribution >= 4 is 0 Å². The third-order valence-corrected chi connectivity index (χ3v) is 2.11. The van der Waals surface area contributed by atoms with Gasteiger partial charge in [0.05, 0.1) is 12.4 Å². The van der Waals surface area contributed by atoms with E-state index in [4.69, 9.17) is 10.2 Å². The number of furan rings is 1. The Morgan fingerprint density at radius 3 is 3.27 bits per heavy atom. The monoisotopic (exact) mass is 153 g/mol. The molecule has 2 rings (SSSR count). The molecule has 1 aliphatic rings. The van der Waals surface area contributed by atoms with Crippen LogP contribution in [0.25, 0.3) is 0 Å². The van der Waals surface area contributed by atoms with Crippen molar-refractivity contribution in [2.24, 2.45) is 5.73 Å². The van der Waals surface area contributed by atoms with Gasteiger partial charge in [0.15, 0.2) is 0 Å². The summed E-state index contributed by atoms with van der Waals surface area (Å²) in [6.45, 7) is 0. The molecule has 1 aromatic heterocycles. The van der Waals surface area contributed by atoms with Gasteiger partial charge in [-0.3, -0.25) is 0 Å². The highest BCUT2D eigenvalue weighted by atomic mass is 16.3. The lowest BCUT2D eigenvalue weighted by atomic mass is 9.92. The summed E-state index contributed by atoms with van der Waals surface area (Å²) in [7, 11) is 0. The number of hydrogen-bond donors (Lipinski definition) is 2. The van der Waals surface area contributed by atoms with E-state index in [1.54, 1.807) is 6.26 Å². The second kappa shape index (κ2) is 2.36. The molecule has 60 valence electrons. The summed E-state index contributed by atoms with van der Waals surface area (Å²) in [4.78, 5) is 0. The maximum absolute atomic E-state index is 9.48. The van der Waals surface area contributed by atoms with E-state index in [-0.39, 0.29) is 6.04 Å². The molecular formula is C8H11NO2. The lowest BCUT2D eigenvalue weighted by molar-refractivity contribution is 0.144. The van der Waals surface area contributed by atoms with Gasteiger partial charge in [-0.05, 0) is 12.5 Å². The van der Waals surface area contributed by atoms with Crippen molar-refractivity contribution in [2.75, 3.05) is 0 Å². The van der Waals surface area contributed by atoms with E-state index in [1.165, 1.54) is 0 Å². The average molecular weight is 153 g/mol. The fraction of sp³-hybridized carbons (Fsp3) is 0.500. The third kappa shape index (κ3) is 1.06. The Bertz CT molecular complexity index is 256. The molecule has 0 bridgehead atoms. The number of aliphatic hydroxyl groups is 1. The van der Waals surface area contributed by atoms with Crippen molar-refractivity contribution < 1.29 is 9.52 Å². The lowest BCUT2D eigenvalue weighted by Crippen LogP contribution is -2.29. The molecule has 0 aromatic carbocycles. The van der Waals surface area contributed by atoms with Crippen LogP contribution in [-0.2, 0) is 6.42 Å². The van der Waals surface area contributed by atoms with Gasteiger partial charge in [-0.2, -0.15) is 0 Å². The van der Waals surface area contributed by atoms with Crippen LogP contribution >= 0.6 is 0 Å². The molecule has 3 nitrogen and oxygen atoms in total. The molecule has 1 heterocycles. The van der Waals surface area contributed by atoms with Crippen molar-refractivity contribution in [2.45, 2.75) is 25.0 Å². The van der Waals surface area contributed by atoms with Crippen molar-refractivity contribution in [3.8, 4) is 0 Å². The van der Waals surface area contributed by atoms with Crippen LogP contribution in [0.15, 0.2) is 16.7 Å². The largest absolute Gasteiger partial charge is 0.469 e. The van der Waals surface area contributed by atoms with Gasteiger partial charge in [0.2, 0.25) is 0 Å². The molecule has 0 amide bonds. The van der Waals surface area contributed by atoms with Gasteiger partial charge in [-0.25, -0.2) is 0 Å². The van der Waals surface area contributed by atoms with Crippen molar-refractivity contribution in [1.82, 2.24) is 0 Å². The zero-order chi connectivity index (χ0) is 7.84. The molecule has 1 aliphatic carbocycles. The Hall–Kier alpha value is -0.800. The van der Waals surface area contributed by atoms with Gasteiger partial charge >= 0.3 is 0 Å². The van der Waals surface area contributed by atoms with E-state index in [1.807, 2.05) is 6.07 Å². The molecule has 3 heteroatoms. The smallest absolute Gasteiger partial charge is 0.111 e. The van der Waals surface area contributed by atoms with Gasteiger partial charge in [0, 0.05) is 18.0 Å². The second-order valence-corrected chi connectivity index (χ2v) is 3.01. The van der Waals surface area contributed by atoms with Crippen LogP contribution in [0.2, 0.25) is 0 Å². The minimum atomic E-state index is -0.424. The molecule has 0 spiro atoms. The molecular weight excluding hydrogens is 142 g/mol. The molecule has 11 heavy (non-hydrogen) atoms. The summed E-state index contributed by atoms with van der Waals surface area (Å²) in [5.41, 5.74) is 6.59. The average Bonchev–Trinajstić information content (AvgIpc) is 2.34. The Kier molecular flexibility index (Phi) is 1.47. The van der Waals surface area contributed by atoms with Gasteiger partial charge in [0.25, 0.3) is 0 Å². The first-order chi connectivity index (χ1) is 5.27. The molecule has 0 fully saturated rings. The Morgan fingerprint density at radius 2 is 2.45 bits per heavy atom. The number of hydrogen-bond acceptors (Lipinski definition) is 3. The predicted molar refractivity (Wildman–Crippen MR) is 40.0 cm³/mol. The highest BCUT2D eigenvalue weighted by molar-refractivity contribution is 5.23. The molecule has 2 atom stereocenters. The van der Waals surface area contributed by atoms with Gasteiger partial charge in [-0.15, -0.1) is 0 Å². The standard InChI is InChI=1S/C8H11NO2/c9-5-3-7(10)6-1-2-11-8(6)4-5/h1-2,5,7,10H,3-4,9H2. The first-order valence-electron chi connectivity index (χ1n) is 3.77. The van der Waals surface area contributed by atoms with E-state index in [9.17, 15) is 5.11 Å². The highest BCUT2D eigenvalue weighted by Gasteiger charge is 2.25. The fourth-order valence-corrected chi connectivity index (χ4v) is 1.55. The summed E-state index contributed by atoms with van der Waals surface area (Å²) in [6, 6.07) is 1.86. The summed E-state index contributed by atoms with van der Waals surface area (Å²) < 4.78 is 5.16. The predicted octanol–water partition coefficient (Wildman–Crippen LogP) is 0.587. The van der Waals surface area contributed by atoms with Crippen molar-refractivity contribution in [3.05, 3.63) is 23.7 Å². The van der Waals surface area contributed by atoms with Gasteiger partial charge in [0.1, 0.15) is 5.76 Å². The fourth-order valence-electron chi connectivity index (χ4n) is 1.55. The zero-order valence-corrected chi connectivity index (χ0v) is 6.16. The zero-order valence-electron chi connectivity index (χ0n) is 6.16. The quantitative estimate of drug-likeness (QED) is 0.573. The SMILES string of the molecule is NC1Cc2occc2C(O)C1. The van der Waals surface area contributed by atoms with Crippen molar-refractivity contribution in [3.63, 3.8) is 0 Å². The summed E-state index contributed by atoms with van der Waals surface area (Å²) in [5, 5.41) is 9.48. The van der Waals surface area contributed by atoms with E-state index >= 15 is 0 Å². The number of nitrogens with two attached hydrogens (primary N) is 1. The lowest BCUT2D eigenvalue weighted by Gasteiger charge is -2.21. The minimum absolute atomic E-state index is 0.0450. The summed E-state index contributed by atoms with van der Waals surface area (Å²) in [5.74, 6) is 0.844. The third-order valence-electron chi connectivity index (χ3n) is 2.11.